The molecule has 0 saturated heterocycles. The molecule has 0 amide bonds. The van der Waals surface area contributed by atoms with E-state index >= 15 is 0 Å². The number of nitrogens with one attached hydrogen (secondary N) is 1. The lowest BCUT2D eigenvalue weighted by molar-refractivity contribution is -0.143. The van der Waals surface area contributed by atoms with Gasteiger partial charge in [-0.05, 0) is 31.0 Å². The van der Waals surface area contributed by atoms with Crippen molar-refractivity contribution in [3.05, 3.63) is 23.2 Å². The molecule has 1 aliphatic rings. The van der Waals surface area contributed by atoms with E-state index in [1.165, 1.54) is 25.3 Å². The molecular weight excluding hydrogens is 306 g/mol. The van der Waals surface area contributed by atoms with E-state index in [-0.39, 0.29) is 16.5 Å². The summed E-state index contributed by atoms with van der Waals surface area (Å²) in [5.74, 6) is -0.609. The Morgan fingerprint density at radius 3 is 2.60 bits per heavy atom. The average Bonchev–Trinajstić information content (AvgIpc) is 3.17. The highest BCUT2D eigenvalue weighted by Crippen LogP contribution is 2.45. The van der Waals surface area contributed by atoms with Gasteiger partial charge in [-0.25, -0.2) is 13.1 Å². The van der Waals surface area contributed by atoms with Crippen LogP contribution in [0.15, 0.2) is 23.1 Å². The van der Waals surface area contributed by atoms with Crippen LogP contribution >= 0.6 is 11.6 Å². The molecule has 0 unspecified atom stereocenters. The Bertz CT molecular complexity index is 639. The summed E-state index contributed by atoms with van der Waals surface area (Å²) in [7, 11) is -2.36. The number of rotatable bonds is 6. The lowest BCUT2D eigenvalue weighted by atomic mass is 10.1. The van der Waals surface area contributed by atoms with Gasteiger partial charge in [-0.15, -0.1) is 0 Å². The molecule has 0 spiro atoms. The van der Waals surface area contributed by atoms with Gasteiger partial charge in [-0.3, -0.25) is 4.79 Å². The first-order chi connectivity index (χ1) is 9.31. The molecule has 0 aliphatic heterocycles. The standard InChI is InChI=1S/C12H14ClNO5S/c1-19-10-3-2-8(6-9(10)13)20(17,18)14-7-12(4-5-12)11(15)16/h2-3,6,14H,4-5,7H2,1H3,(H,15,16). The number of sulfonamides is 1. The zero-order chi connectivity index (χ0) is 15.0. The van der Waals surface area contributed by atoms with Crippen LogP contribution in [0.5, 0.6) is 5.75 Å². The van der Waals surface area contributed by atoms with Crippen LogP contribution in [0.2, 0.25) is 5.02 Å². The molecule has 1 aromatic carbocycles. The normalized spacial score (nSPS) is 16.7. The van der Waals surface area contributed by atoms with Crippen LogP contribution in [0.3, 0.4) is 0 Å². The number of halogens is 1. The molecule has 1 fully saturated rings. The maximum atomic E-state index is 12.1. The molecule has 6 nitrogen and oxygen atoms in total. The van der Waals surface area contributed by atoms with Crippen LogP contribution in [0, 0.1) is 5.41 Å². The fourth-order valence-corrected chi connectivity index (χ4v) is 3.22. The van der Waals surface area contributed by atoms with Gasteiger partial charge in [-0.1, -0.05) is 11.6 Å². The maximum Gasteiger partial charge on any atom is 0.310 e. The minimum absolute atomic E-state index is 0.0236. The summed E-state index contributed by atoms with van der Waals surface area (Å²) in [5, 5.41) is 9.19. The van der Waals surface area contributed by atoms with E-state index in [1.807, 2.05) is 0 Å². The first-order valence-electron chi connectivity index (χ1n) is 5.87. The third-order valence-electron chi connectivity index (χ3n) is 3.34. The molecule has 20 heavy (non-hydrogen) atoms. The van der Waals surface area contributed by atoms with Gasteiger partial charge in [0.25, 0.3) is 0 Å². The topological polar surface area (TPSA) is 92.7 Å². The van der Waals surface area contributed by atoms with Gasteiger partial charge in [0.05, 0.1) is 22.4 Å². The third kappa shape index (κ3) is 2.89. The number of hydrogen-bond donors (Lipinski definition) is 2. The molecule has 0 atom stereocenters. The fourth-order valence-electron chi connectivity index (χ4n) is 1.75. The van der Waals surface area contributed by atoms with E-state index in [4.69, 9.17) is 21.4 Å². The second-order valence-electron chi connectivity index (χ2n) is 4.71. The lowest BCUT2D eigenvalue weighted by Crippen LogP contribution is -2.34. The number of hydrogen-bond acceptors (Lipinski definition) is 4. The minimum Gasteiger partial charge on any atom is -0.495 e. The SMILES string of the molecule is COc1ccc(S(=O)(=O)NCC2(C(=O)O)CC2)cc1Cl. The van der Waals surface area contributed by atoms with Crippen LogP contribution < -0.4 is 9.46 Å². The zero-order valence-electron chi connectivity index (χ0n) is 10.7. The maximum absolute atomic E-state index is 12.1. The number of methoxy groups -OCH3 is 1. The van der Waals surface area contributed by atoms with Crippen molar-refractivity contribution in [2.45, 2.75) is 17.7 Å². The van der Waals surface area contributed by atoms with Crippen molar-refractivity contribution >= 4 is 27.6 Å². The monoisotopic (exact) mass is 319 g/mol. The van der Waals surface area contributed by atoms with Crippen LogP contribution in [0.4, 0.5) is 0 Å². The number of aliphatic carboxylic acids is 1. The molecule has 110 valence electrons. The number of ether oxygens (including phenoxy) is 1. The van der Waals surface area contributed by atoms with Crippen LogP contribution in [-0.2, 0) is 14.8 Å². The molecule has 1 aromatic rings. The Morgan fingerprint density at radius 2 is 2.15 bits per heavy atom. The van der Waals surface area contributed by atoms with Crippen molar-refractivity contribution < 1.29 is 23.1 Å². The summed E-state index contributed by atoms with van der Waals surface area (Å²) < 4.78 is 31.4. The summed E-state index contributed by atoms with van der Waals surface area (Å²) in [6, 6.07) is 4.07. The van der Waals surface area contributed by atoms with E-state index in [0.29, 0.717) is 18.6 Å². The largest absolute Gasteiger partial charge is 0.495 e. The highest BCUT2D eigenvalue weighted by Gasteiger charge is 2.50. The van der Waals surface area contributed by atoms with Crippen molar-refractivity contribution in [2.24, 2.45) is 5.41 Å². The third-order valence-corrected chi connectivity index (χ3v) is 5.04. The van der Waals surface area contributed by atoms with Gasteiger partial charge in [0, 0.05) is 6.54 Å². The summed E-state index contributed by atoms with van der Waals surface area (Å²) in [4.78, 5) is 11.0. The fraction of sp³-hybridized carbons (Fsp3) is 0.417. The average molecular weight is 320 g/mol. The molecule has 0 bridgehead atoms. The van der Waals surface area contributed by atoms with E-state index < -0.39 is 21.4 Å². The van der Waals surface area contributed by atoms with Crippen LogP contribution in [-0.4, -0.2) is 33.1 Å². The Kier molecular flexibility index (Phi) is 3.95. The zero-order valence-corrected chi connectivity index (χ0v) is 12.3. The van der Waals surface area contributed by atoms with Crippen molar-refractivity contribution in [1.29, 1.82) is 0 Å². The molecule has 0 radical (unpaired) electrons. The van der Waals surface area contributed by atoms with Crippen molar-refractivity contribution in [3.8, 4) is 5.75 Å². The summed E-state index contributed by atoms with van der Waals surface area (Å²) >= 11 is 5.88. The number of carbonyl (C=O) groups is 1. The van der Waals surface area contributed by atoms with Gasteiger partial charge < -0.3 is 9.84 Å². The van der Waals surface area contributed by atoms with Gasteiger partial charge in [-0.2, -0.15) is 0 Å². The Balaban J connectivity index is 2.15. The van der Waals surface area contributed by atoms with Crippen molar-refractivity contribution in [2.75, 3.05) is 13.7 Å². The van der Waals surface area contributed by atoms with Gasteiger partial charge in [0.2, 0.25) is 10.0 Å². The molecular formula is C12H14ClNO5S. The first kappa shape index (κ1) is 15.1. The molecule has 0 aromatic heterocycles. The summed E-state index contributed by atoms with van der Waals surface area (Å²) in [5.41, 5.74) is -0.955. The number of carboxylic acids is 1. The predicted molar refractivity (Wildman–Crippen MR) is 72.5 cm³/mol. The summed E-state index contributed by atoms with van der Waals surface area (Å²) in [6.45, 7) is -0.117. The van der Waals surface area contributed by atoms with E-state index in [1.54, 1.807) is 0 Å². The van der Waals surface area contributed by atoms with Gasteiger partial charge in [0.15, 0.2) is 0 Å². The Morgan fingerprint density at radius 1 is 1.50 bits per heavy atom. The van der Waals surface area contributed by atoms with Crippen LogP contribution in [0.1, 0.15) is 12.8 Å². The van der Waals surface area contributed by atoms with Crippen molar-refractivity contribution in [1.82, 2.24) is 4.72 Å². The molecule has 2 N–H and O–H groups in total. The first-order valence-corrected chi connectivity index (χ1v) is 7.73. The van der Waals surface area contributed by atoms with Gasteiger partial charge in [0.1, 0.15) is 5.75 Å². The second kappa shape index (κ2) is 5.23. The van der Waals surface area contributed by atoms with Crippen molar-refractivity contribution in [3.63, 3.8) is 0 Å². The van der Waals surface area contributed by atoms with Gasteiger partial charge >= 0.3 is 5.97 Å². The second-order valence-corrected chi connectivity index (χ2v) is 6.88. The number of carboxylic acid groups (broad SMARTS) is 1. The quantitative estimate of drug-likeness (QED) is 0.828. The Labute approximate surface area is 121 Å². The predicted octanol–water partition coefficient (Wildman–Crippen LogP) is 1.49. The smallest absolute Gasteiger partial charge is 0.310 e. The molecule has 1 aliphatic carbocycles. The molecule has 8 heteroatoms. The molecule has 1 saturated carbocycles. The minimum atomic E-state index is -3.79. The molecule has 2 rings (SSSR count). The Hall–Kier alpha value is -1.31. The lowest BCUT2D eigenvalue weighted by Gasteiger charge is -2.12. The highest BCUT2D eigenvalue weighted by molar-refractivity contribution is 7.89. The van der Waals surface area contributed by atoms with E-state index in [0.717, 1.165) is 0 Å². The summed E-state index contributed by atoms with van der Waals surface area (Å²) in [6.07, 6.45) is 0.961. The van der Waals surface area contributed by atoms with Crippen LogP contribution in [0.25, 0.3) is 0 Å². The number of benzene rings is 1. The van der Waals surface area contributed by atoms with E-state index in [9.17, 15) is 13.2 Å². The highest BCUT2D eigenvalue weighted by atomic mass is 35.5. The van der Waals surface area contributed by atoms with E-state index in [2.05, 4.69) is 4.72 Å². The molecule has 0 heterocycles.